The molecule has 0 spiro atoms. The molecule has 1 aromatic rings. The first-order chi connectivity index (χ1) is 6.56. The minimum atomic E-state index is 0.0996. The van der Waals surface area contributed by atoms with Gasteiger partial charge in [0.25, 0.3) is 0 Å². The first-order valence-corrected chi connectivity index (χ1v) is 4.73. The third kappa shape index (κ3) is 2.05. The molecule has 0 atom stereocenters. The summed E-state index contributed by atoms with van der Waals surface area (Å²) in [6, 6.07) is 5.90. The molecule has 74 valence electrons. The van der Waals surface area contributed by atoms with E-state index in [1.165, 1.54) is 0 Å². The Kier molecular flexibility index (Phi) is 3.14. The van der Waals surface area contributed by atoms with Gasteiger partial charge in [0.05, 0.1) is 11.7 Å². The molecule has 0 aliphatic rings. The van der Waals surface area contributed by atoms with E-state index < -0.39 is 0 Å². The van der Waals surface area contributed by atoms with E-state index in [0.29, 0.717) is 5.56 Å². The van der Waals surface area contributed by atoms with Gasteiger partial charge in [-0.3, -0.25) is 0 Å². The summed E-state index contributed by atoms with van der Waals surface area (Å²) in [6.45, 7) is 7.92. The lowest BCUT2D eigenvalue weighted by Crippen LogP contribution is -2.08. The van der Waals surface area contributed by atoms with Crippen LogP contribution in [0.5, 0.6) is 5.75 Å². The summed E-state index contributed by atoms with van der Waals surface area (Å²) in [7, 11) is 0. The van der Waals surface area contributed by atoms with Crippen LogP contribution < -0.4 is 4.74 Å². The van der Waals surface area contributed by atoms with E-state index in [0.717, 1.165) is 16.9 Å². The van der Waals surface area contributed by atoms with Crippen LogP contribution in [0.25, 0.3) is 0 Å². The summed E-state index contributed by atoms with van der Waals surface area (Å²) < 4.78 is 5.63. The second-order valence-corrected chi connectivity index (χ2v) is 3.66. The molecule has 0 bridgehead atoms. The van der Waals surface area contributed by atoms with Crippen LogP contribution in [0.3, 0.4) is 0 Å². The molecule has 0 saturated carbocycles. The van der Waals surface area contributed by atoms with Gasteiger partial charge >= 0.3 is 0 Å². The second-order valence-electron chi connectivity index (χ2n) is 3.66. The molecule has 0 heterocycles. The van der Waals surface area contributed by atoms with E-state index in [-0.39, 0.29) is 6.10 Å². The maximum absolute atomic E-state index is 8.92. The molecule has 0 amide bonds. The average molecular weight is 189 g/mol. The molecule has 0 aromatic heterocycles. The highest BCUT2D eigenvalue weighted by molar-refractivity contribution is 5.51. The van der Waals surface area contributed by atoms with Crippen molar-refractivity contribution in [3.05, 3.63) is 28.8 Å². The van der Waals surface area contributed by atoms with Crippen molar-refractivity contribution in [2.24, 2.45) is 0 Å². The number of nitrogens with zero attached hydrogens (tertiary/aromatic N) is 1. The molecule has 0 aliphatic heterocycles. The number of hydrogen-bond donors (Lipinski definition) is 0. The van der Waals surface area contributed by atoms with Crippen molar-refractivity contribution in [1.29, 1.82) is 5.26 Å². The molecule has 2 heteroatoms. The molecule has 0 saturated heterocycles. The number of nitriles is 1. The van der Waals surface area contributed by atoms with Gasteiger partial charge in [-0.25, -0.2) is 0 Å². The Morgan fingerprint density at radius 2 is 1.93 bits per heavy atom. The highest BCUT2D eigenvalue weighted by Gasteiger charge is 2.10. The summed E-state index contributed by atoms with van der Waals surface area (Å²) in [6.07, 6.45) is 0.0996. The number of aryl methyl sites for hydroxylation is 1. The first kappa shape index (κ1) is 10.6. The van der Waals surface area contributed by atoms with E-state index in [1.54, 1.807) is 6.07 Å². The van der Waals surface area contributed by atoms with Crippen molar-refractivity contribution in [2.45, 2.75) is 33.8 Å². The van der Waals surface area contributed by atoms with Gasteiger partial charge in [-0.05, 0) is 44.9 Å². The zero-order valence-corrected chi connectivity index (χ0v) is 9.09. The van der Waals surface area contributed by atoms with Gasteiger partial charge in [0.2, 0.25) is 0 Å². The monoisotopic (exact) mass is 189 g/mol. The van der Waals surface area contributed by atoms with Crippen molar-refractivity contribution < 1.29 is 4.74 Å². The van der Waals surface area contributed by atoms with Crippen molar-refractivity contribution >= 4 is 0 Å². The molecule has 0 N–H and O–H groups in total. The third-order valence-electron chi connectivity index (χ3n) is 2.15. The van der Waals surface area contributed by atoms with E-state index >= 15 is 0 Å². The predicted molar refractivity (Wildman–Crippen MR) is 56.4 cm³/mol. The van der Waals surface area contributed by atoms with Crippen molar-refractivity contribution in [2.75, 3.05) is 0 Å². The smallest absolute Gasteiger partial charge is 0.140 e. The quantitative estimate of drug-likeness (QED) is 0.716. The standard InChI is InChI=1S/C12H15NO/c1-8(2)14-12-10(4)9(3)5-6-11(12)7-13/h5-6,8H,1-4H3. The van der Waals surface area contributed by atoms with Crippen LogP contribution >= 0.6 is 0 Å². The molecule has 0 unspecified atom stereocenters. The molecular weight excluding hydrogens is 174 g/mol. The summed E-state index contributed by atoms with van der Waals surface area (Å²) in [5.41, 5.74) is 2.82. The highest BCUT2D eigenvalue weighted by atomic mass is 16.5. The topological polar surface area (TPSA) is 33.0 Å². The van der Waals surface area contributed by atoms with Crippen molar-refractivity contribution in [1.82, 2.24) is 0 Å². The van der Waals surface area contributed by atoms with Gasteiger partial charge in [0.1, 0.15) is 11.8 Å². The lowest BCUT2D eigenvalue weighted by Gasteiger charge is -2.15. The Labute approximate surface area is 85.1 Å². The lowest BCUT2D eigenvalue weighted by atomic mass is 10.1. The zero-order chi connectivity index (χ0) is 10.7. The van der Waals surface area contributed by atoms with Crippen LogP contribution in [0.4, 0.5) is 0 Å². The average Bonchev–Trinajstić information content (AvgIpc) is 2.13. The Bertz CT molecular complexity index is 375. The Balaban J connectivity index is 3.23. The minimum absolute atomic E-state index is 0.0996. The fourth-order valence-corrected chi connectivity index (χ4v) is 1.27. The Morgan fingerprint density at radius 3 is 2.43 bits per heavy atom. The van der Waals surface area contributed by atoms with Crippen molar-refractivity contribution in [3.63, 3.8) is 0 Å². The highest BCUT2D eigenvalue weighted by Crippen LogP contribution is 2.26. The largest absolute Gasteiger partial charge is 0.489 e. The molecular formula is C12H15NO. The summed E-state index contributed by atoms with van der Waals surface area (Å²) in [4.78, 5) is 0. The first-order valence-electron chi connectivity index (χ1n) is 4.73. The maximum Gasteiger partial charge on any atom is 0.140 e. The van der Waals surface area contributed by atoms with Gasteiger partial charge in [-0.1, -0.05) is 6.07 Å². The molecule has 14 heavy (non-hydrogen) atoms. The number of ether oxygens (including phenoxy) is 1. The number of rotatable bonds is 2. The van der Waals surface area contributed by atoms with E-state index in [9.17, 15) is 0 Å². The fraction of sp³-hybridized carbons (Fsp3) is 0.417. The summed E-state index contributed by atoms with van der Waals surface area (Å²) in [5, 5.41) is 8.92. The fourth-order valence-electron chi connectivity index (χ4n) is 1.27. The van der Waals surface area contributed by atoms with Gasteiger partial charge in [0, 0.05) is 0 Å². The van der Waals surface area contributed by atoms with Gasteiger partial charge in [-0.2, -0.15) is 5.26 Å². The van der Waals surface area contributed by atoms with Crippen LogP contribution in [-0.4, -0.2) is 6.10 Å². The summed E-state index contributed by atoms with van der Waals surface area (Å²) in [5.74, 6) is 0.725. The van der Waals surface area contributed by atoms with E-state index in [1.807, 2.05) is 33.8 Å². The van der Waals surface area contributed by atoms with Crippen LogP contribution in [0.1, 0.15) is 30.5 Å². The minimum Gasteiger partial charge on any atom is -0.489 e. The normalized spacial score (nSPS) is 10.0. The van der Waals surface area contributed by atoms with Crippen LogP contribution in [0.2, 0.25) is 0 Å². The Hall–Kier alpha value is -1.49. The molecule has 0 radical (unpaired) electrons. The molecule has 1 rings (SSSR count). The van der Waals surface area contributed by atoms with Crippen LogP contribution in [0.15, 0.2) is 12.1 Å². The van der Waals surface area contributed by atoms with E-state index in [4.69, 9.17) is 10.00 Å². The summed E-state index contributed by atoms with van der Waals surface area (Å²) >= 11 is 0. The predicted octanol–water partition coefficient (Wildman–Crippen LogP) is 2.96. The van der Waals surface area contributed by atoms with Gasteiger partial charge in [0.15, 0.2) is 0 Å². The van der Waals surface area contributed by atoms with Crippen LogP contribution in [0, 0.1) is 25.2 Å². The van der Waals surface area contributed by atoms with Crippen LogP contribution in [-0.2, 0) is 0 Å². The third-order valence-corrected chi connectivity index (χ3v) is 2.15. The number of hydrogen-bond acceptors (Lipinski definition) is 2. The number of benzene rings is 1. The maximum atomic E-state index is 8.92. The lowest BCUT2D eigenvalue weighted by molar-refractivity contribution is 0.240. The zero-order valence-electron chi connectivity index (χ0n) is 9.09. The SMILES string of the molecule is Cc1ccc(C#N)c(OC(C)C)c1C. The molecule has 0 fully saturated rings. The Morgan fingerprint density at radius 1 is 1.29 bits per heavy atom. The molecule has 0 aliphatic carbocycles. The van der Waals surface area contributed by atoms with E-state index in [2.05, 4.69) is 6.07 Å². The van der Waals surface area contributed by atoms with Gasteiger partial charge in [-0.15, -0.1) is 0 Å². The molecule has 1 aromatic carbocycles. The van der Waals surface area contributed by atoms with Crippen molar-refractivity contribution in [3.8, 4) is 11.8 Å². The molecule has 2 nitrogen and oxygen atoms in total. The second kappa shape index (κ2) is 4.15. The van der Waals surface area contributed by atoms with Gasteiger partial charge < -0.3 is 4.74 Å².